The van der Waals surface area contributed by atoms with E-state index in [9.17, 15) is 9.59 Å². The number of aryl methyl sites for hydroxylation is 2. The molecule has 1 heterocycles. The second kappa shape index (κ2) is 7.77. The van der Waals surface area contributed by atoms with Crippen molar-refractivity contribution < 1.29 is 23.8 Å². The van der Waals surface area contributed by atoms with Crippen LogP contribution in [0.1, 0.15) is 11.1 Å². The highest BCUT2D eigenvalue weighted by molar-refractivity contribution is 5.95. The summed E-state index contributed by atoms with van der Waals surface area (Å²) in [5, 5.41) is 5.20. The van der Waals surface area contributed by atoms with Gasteiger partial charge in [0.2, 0.25) is 12.7 Å². The molecule has 7 heteroatoms. The summed E-state index contributed by atoms with van der Waals surface area (Å²) in [6.07, 6.45) is 0. The Morgan fingerprint density at radius 2 is 1.81 bits per heavy atom. The van der Waals surface area contributed by atoms with Crippen LogP contribution >= 0.6 is 0 Å². The number of nitrogens with one attached hydrogen (secondary N) is 2. The van der Waals surface area contributed by atoms with Crippen molar-refractivity contribution in [1.29, 1.82) is 0 Å². The van der Waals surface area contributed by atoms with Crippen LogP contribution in [0.15, 0.2) is 36.4 Å². The maximum atomic E-state index is 11.9. The molecule has 136 valence electrons. The lowest BCUT2D eigenvalue weighted by Crippen LogP contribution is -2.35. The molecular formula is C19H20N2O5. The summed E-state index contributed by atoms with van der Waals surface area (Å²) in [7, 11) is 0. The minimum atomic E-state index is -0.371. The summed E-state index contributed by atoms with van der Waals surface area (Å²) >= 11 is 0. The van der Waals surface area contributed by atoms with Crippen molar-refractivity contribution in [1.82, 2.24) is 5.32 Å². The third-order valence-electron chi connectivity index (χ3n) is 3.95. The quantitative estimate of drug-likeness (QED) is 0.828. The van der Waals surface area contributed by atoms with Crippen molar-refractivity contribution in [2.24, 2.45) is 0 Å². The second-order valence-electron chi connectivity index (χ2n) is 5.93. The molecule has 0 aromatic heterocycles. The Hall–Kier alpha value is -3.22. The van der Waals surface area contributed by atoms with Crippen molar-refractivity contribution in [3.8, 4) is 17.2 Å². The van der Waals surface area contributed by atoms with Crippen LogP contribution in [0.3, 0.4) is 0 Å². The second-order valence-corrected chi connectivity index (χ2v) is 5.93. The average molecular weight is 356 g/mol. The highest BCUT2D eigenvalue weighted by Crippen LogP contribution is 2.34. The summed E-state index contributed by atoms with van der Waals surface area (Å²) in [6, 6.07) is 10.7. The van der Waals surface area contributed by atoms with E-state index in [1.165, 1.54) is 0 Å². The Kier molecular flexibility index (Phi) is 5.26. The molecule has 0 atom stereocenters. The van der Waals surface area contributed by atoms with Crippen LogP contribution in [-0.4, -0.2) is 31.8 Å². The monoisotopic (exact) mass is 356 g/mol. The number of hydrogen-bond acceptors (Lipinski definition) is 5. The lowest BCUT2D eigenvalue weighted by atomic mass is 10.1. The van der Waals surface area contributed by atoms with Crippen LogP contribution in [0.25, 0.3) is 0 Å². The van der Waals surface area contributed by atoms with E-state index >= 15 is 0 Å². The largest absolute Gasteiger partial charge is 0.484 e. The van der Waals surface area contributed by atoms with Crippen LogP contribution in [0.2, 0.25) is 0 Å². The van der Waals surface area contributed by atoms with E-state index in [4.69, 9.17) is 14.2 Å². The Morgan fingerprint density at radius 3 is 2.62 bits per heavy atom. The van der Waals surface area contributed by atoms with Crippen LogP contribution in [-0.2, 0) is 9.59 Å². The standard InChI is InChI=1S/C19H20N2O5/c1-12-3-5-15(7-13(12)2)24-10-19(23)20-9-18(22)21-14-4-6-16-17(8-14)26-11-25-16/h3-8H,9-11H2,1-2H3,(H,20,23)(H,21,22). The molecule has 0 saturated heterocycles. The highest BCUT2D eigenvalue weighted by Gasteiger charge is 2.14. The lowest BCUT2D eigenvalue weighted by molar-refractivity contribution is -0.125. The van der Waals surface area contributed by atoms with Gasteiger partial charge in [-0.2, -0.15) is 0 Å². The Morgan fingerprint density at radius 1 is 1.00 bits per heavy atom. The summed E-state index contributed by atoms with van der Waals surface area (Å²) in [5.41, 5.74) is 2.81. The molecule has 0 aliphatic carbocycles. The number of anilines is 1. The number of rotatable bonds is 6. The van der Waals surface area contributed by atoms with E-state index in [2.05, 4.69) is 10.6 Å². The van der Waals surface area contributed by atoms with E-state index in [0.29, 0.717) is 22.9 Å². The topological polar surface area (TPSA) is 85.9 Å². The van der Waals surface area contributed by atoms with Gasteiger partial charge in [0.05, 0.1) is 6.54 Å². The first-order chi connectivity index (χ1) is 12.5. The van der Waals surface area contributed by atoms with Gasteiger partial charge >= 0.3 is 0 Å². The van der Waals surface area contributed by atoms with Gasteiger partial charge in [0, 0.05) is 11.8 Å². The molecule has 0 bridgehead atoms. The zero-order valence-electron chi connectivity index (χ0n) is 14.6. The SMILES string of the molecule is Cc1ccc(OCC(=O)NCC(=O)Nc2ccc3c(c2)OCO3)cc1C. The molecule has 26 heavy (non-hydrogen) atoms. The molecule has 0 saturated carbocycles. The van der Waals surface area contributed by atoms with E-state index in [1.807, 2.05) is 32.0 Å². The molecule has 1 aliphatic heterocycles. The third-order valence-corrected chi connectivity index (χ3v) is 3.95. The molecule has 3 rings (SSSR count). The van der Waals surface area contributed by atoms with Gasteiger partial charge in [-0.3, -0.25) is 9.59 Å². The number of amides is 2. The van der Waals surface area contributed by atoms with Crippen LogP contribution < -0.4 is 24.8 Å². The molecule has 2 aromatic rings. The predicted octanol–water partition coefficient (Wildman–Crippen LogP) is 2.17. The maximum Gasteiger partial charge on any atom is 0.258 e. The van der Waals surface area contributed by atoms with Gasteiger partial charge in [-0.25, -0.2) is 0 Å². The Labute approximate surface area is 151 Å². The fourth-order valence-corrected chi connectivity index (χ4v) is 2.36. The Balaban J connectivity index is 1.42. The number of hydrogen-bond donors (Lipinski definition) is 2. The number of carbonyl (C=O) groups is 2. The van der Waals surface area contributed by atoms with Crippen molar-refractivity contribution in [3.63, 3.8) is 0 Å². The highest BCUT2D eigenvalue weighted by atomic mass is 16.7. The number of ether oxygens (including phenoxy) is 3. The van der Waals surface area contributed by atoms with Crippen LogP contribution in [0, 0.1) is 13.8 Å². The smallest absolute Gasteiger partial charge is 0.258 e. The first kappa shape index (κ1) is 17.6. The molecule has 0 spiro atoms. The van der Waals surface area contributed by atoms with E-state index in [1.54, 1.807) is 18.2 Å². The van der Waals surface area contributed by atoms with Crippen molar-refractivity contribution in [2.75, 3.05) is 25.3 Å². The van der Waals surface area contributed by atoms with Gasteiger partial charge in [-0.1, -0.05) is 6.07 Å². The van der Waals surface area contributed by atoms with E-state index in [-0.39, 0.29) is 31.8 Å². The number of carbonyl (C=O) groups excluding carboxylic acids is 2. The summed E-state index contributed by atoms with van der Waals surface area (Å²) in [4.78, 5) is 23.8. The Bertz CT molecular complexity index is 835. The molecule has 2 aromatic carbocycles. The van der Waals surface area contributed by atoms with Gasteiger partial charge in [-0.15, -0.1) is 0 Å². The van der Waals surface area contributed by atoms with Crippen LogP contribution in [0.5, 0.6) is 17.2 Å². The molecular weight excluding hydrogens is 336 g/mol. The van der Waals surface area contributed by atoms with Crippen molar-refractivity contribution in [2.45, 2.75) is 13.8 Å². The molecule has 1 aliphatic rings. The van der Waals surface area contributed by atoms with Crippen LogP contribution in [0.4, 0.5) is 5.69 Å². The summed E-state index contributed by atoms with van der Waals surface area (Å²) in [6.45, 7) is 3.85. The van der Waals surface area contributed by atoms with Gasteiger partial charge < -0.3 is 24.8 Å². The van der Waals surface area contributed by atoms with Crippen molar-refractivity contribution in [3.05, 3.63) is 47.5 Å². The lowest BCUT2D eigenvalue weighted by Gasteiger charge is -2.09. The maximum absolute atomic E-state index is 11.9. The van der Waals surface area contributed by atoms with Gasteiger partial charge in [-0.05, 0) is 49.2 Å². The van der Waals surface area contributed by atoms with Crippen molar-refractivity contribution >= 4 is 17.5 Å². The number of fused-ring (bicyclic) bond motifs is 1. The third kappa shape index (κ3) is 4.44. The number of benzene rings is 2. The van der Waals surface area contributed by atoms with Gasteiger partial charge in [0.25, 0.3) is 5.91 Å². The molecule has 2 amide bonds. The predicted molar refractivity (Wildman–Crippen MR) is 95.6 cm³/mol. The zero-order chi connectivity index (χ0) is 18.5. The van der Waals surface area contributed by atoms with Gasteiger partial charge in [0.15, 0.2) is 18.1 Å². The molecule has 7 nitrogen and oxygen atoms in total. The van der Waals surface area contributed by atoms with E-state index < -0.39 is 0 Å². The minimum Gasteiger partial charge on any atom is -0.484 e. The average Bonchev–Trinajstić information content (AvgIpc) is 3.08. The summed E-state index contributed by atoms with van der Waals surface area (Å²) in [5.74, 6) is 1.12. The van der Waals surface area contributed by atoms with Gasteiger partial charge in [0.1, 0.15) is 5.75 Å². The first-order valence-corrected chi connectivity index (χ1v) is 8.17. The zero-order valence-corrected chi connectivity index (χ0v) is 14.6. The fraction of sp³-hybridized carbons (Fsp3) is 0.263. The van der Waals surface area contributed by atoms with E-state index in [0.717, 1.165) is 11.1 Å². The molecule has 0 radical (unpaired) electrons. The molecule has 2 N–H and O–H groups in total. The summed E-state index contributed by atoms with van der Waals surface area (Å²) < 4.78 is 15.9. The minimum absolute atomic E-state index is 0.149. The molecule has 0 fully saturated rings. The fourth-order valence-electron chi connectivity index (χ4n) is 2.36. The molecule has 0 unspecified atom stereocenters. The normalized spacial score (nSPS) is 11.8. The first-order valence-electron chi connectivity index (χ1n) is 8.17.